The average molecular weight is 340 g/mol. The molecule has 0 heterocycles. The fraction of sp³-hybridized carbons (Fsp3) is 0.300. The van der Waals surface area contributed by atoms with E-state index >= 15 is 0 Å². The van der Waals surface area contributed by atoms with Crippen molar-refractivity contribution in [1.29, 1.82) is 0 Å². The molecule has 0 saturated heterocycles. The molecule has 5 nitrogen and oxygen atoms in total. The molecule has 0 fully saturated rings. The maximum absolute atomic E-state index is 12.6. The summed E-state index contributed by atoms with van der Waals surface area (Å²) in [5.74, 6) is -0.469. The number of ether oxygens (including phenoxy) is 1. The minimum Gasteiger partial charge on any atom is -0.467 e. The number of methoxy groups -OCH3 is 1. The molecule has 2 aromatic rings. The van der Waals surface area contributed by atoms with Crippen LogP contribution >= 0.6 is 0 Å². The molecule has 2 N–H and O–H groups in total. The highest BCUT2D eigenvalue weighted by molar-refractivity contribution is 5.94. The lowest BCUT2D eigenvalue weighted by Crippen LogP contribution is -2.49. The van der Waals surface area contributed by atoms with Crippen molar-refractivity contribution in [3.63, 3.8) is 0 Å². The number of hydrogen-bond donors (Lipinski definition) is 2. The van der Waals surface area contributed by atoms with Crippen LogP contribution in [-0.2, 0) is 21.6 Å². The van der Waals surface area contributed by atoms with Gasteiger partial charge in [0.05, 0.1) is 7.11 Å². The second-order valence-electron chi connectivity index (χ2n) is 5.75. The first kappa shape index (κ1) is 18.7. The van der Waals surface area contributed by atoms with Crippen molar-refractivity contribution in [2.45, 2.75) is 25.4 Å². The summed E-state index contributed by atoms with van der Waals surface area (Å²) in [6.07, 6.45) is 0.540. The van der Waals surface area contributed by atoms with Crippen LogP contribution in [0.15, 0.2) is 54.6 Å². The van der Waals surface area contributed by atoms with Gasteiger partial charge in [-0.15, -0.1) is 0 Å². The molecule has 25 heavy (non-hydrogen) atoms. The quantitative estimate of drug-likeness (QED) is 0.761. The fourth-order valence-corrected chi connectivity index (χ4v) is 2.88. The molecule has 0 aromatic heterocycles. The number of carbonyl (C=O) groups excluding carboxylic acids is 2. The van der Waals surface area contributed by atoms with E-state index in [1.54, 1.807) is 13.1 Å². The Balaban J connectivity index is 2.29. The Morgan fingerprint density at radius 3 is 2.40 bits per heavy atom. The predicted octanol–water partition coefficient (Wildman–Crippen LogP) is 2.61. The number of rotatable bonds is 7. The Kier molecular flexibility index (Phi) is 6.31. The van der Waals surface area contributed by atoms with Gasteiger partial charge in [0, 0.05) is 19.2 Å². The average Bonchev–Trinajstić information content (AvgIpc) is 2.68. The van der Waals surface area contributed by atoms with Gasteiger partial charge < -0.3 is 10.1 Å². The predicted molar refractivity (Wildman–Crippen MR) is 97.1 cm³/mol. The summed E-state index contributed by atoms with van der Waals surface area (Å²) in [5.41, 5.74) is 1.42. The van der Waals surface area contributed by atoms with Crippen molar-refractivity contribution in [2.75, 3.05) is 14.2 Å². The fourth-order valence-electron chi connectivity index (χ4n) is 2.88. The van der Waals surface area contributed by atoms with Gasteiger partial charge in [-0.25, -0.2) is 4.79 Å². The van der Waals surface area contributed by atoms with Gasteiger partial charge >= 0.3 is 5.97 Å². The lowest BCUT2D eigenvalue weighted by atomic mass is 9.87. The van der Waals surface area contributed by atoms with E-state index in [0.717, 1.165) is 11.1 Å². The number of carbonyl (C=O) groups is 2. The molecule has 0 aliphatic heterocycles. The molecule has 1 atom stereocenters. The molecule has 0 saturated carbocycles. The van der Waals surface area contributed by atoms with Crippen LogP contribution in [0.25, 0.3) is 0 Å². The summed E-state index contributed by atoms with van der Waals surface area (Å²) >= 11 is 0. The minimum atomic E-state index is -0.932. The van der Waals surface area contributed by atoms with Crippen molar-refractivity contribution in [2.24, 2.45) is 0 Å². The topological polar surface area (TPSA) is 67.4 Å². The molecule has 0 aliphatic carbocycles. The van der Waals surface area contributed by atoms with Crippen molar-refractivity contribution in [3.8, 4) is 0 Å². The molecule has 132 valence electrons. The Hall–Kier alpha value is -2.66. The normalized spacial score (nSPS) is 12.9. The van der Waals surface area contributed by atoms with Gasteiger partial charge in [0.25, 0.3) is 5.91 Å². The molecule has 1 amide bonds. The van der Waals surface area contributed by atoms with Crippen LogP contribution in [0.5, 0.6) is 0 Å². The number of esters is 1. The minimum absolute atomic E-state index is 0.139. The SMILES string of the molecule is CC[C@@](NCc1cccc(C(=O)NC)c1)(C(=O)OC)c1ccccc1. The third-order valence-corrected chi connectivity index (χ3v) is 4.34. The molecule has 0 aliphatic rings. The van der Waals surface area contributed by atoms with E-state index in [0.29, 0.717) is 18.5 Å². The summed E-state index contributed by atoms with van der Waals surface area (Å²) in [5, 5.41) is 5.96. The van der Waals surface area contributed by atoms with E-state index in [9.17, 15) is 9.59 Å². The van der Waals surface area contributed by atoms with Gasteiger partial charge in [0.2, 0.25) is 0 Å². The van der Waals surface area contributed by atoms with Crippen LogP contribution in [0.3, 0.4) is 0 Å². The first-order chi connectivity index (χ1) is 12.1. The molecule has 0 unspecified atom stereocenters. The summed E-state index contributed by atoms with van der Waals surface area (Å²) in [7, 11) is 2.99. The van der Waals surface area contributed by atoms with Crippen LogP contribution in [0.4, 0.5) is 0 Å². The third-order valence-electron chi connectivity index (χ3n) is 4.34. The highest BCUT2D eigenvalue weighted by Gasteiger charge is 2.39. The monoisotopic (exact) mass is 340 g/mol. The van der Waals surface area contributed by atoms with E-state index in [-0.39, 0.29) is 11.9 Å². The van der Waals surface area contributed by atoms with E-state index in [2.05, 4.69) is 10.6 Å². The molecular formula is C20H24N2O3. The number of nitrogens with one attached hydrogen (secondary N) is 2. The highest BCUT2D eigenvalue weighted by atomic mass is 16.5. The summed E-state index contributed by atoms with van der Waals surface area (Å²) in [6.45, 7) is 2.38. The van der Waals surface area contributed by atoms with E-state index in [4.69, 9.17) is 4.74 Å². The third kappa shape index (κ3) is 4.06. The number of hydrogen-bond acceptors (Lipinski definition) is 4. The second-order valence-corrected chi connectivity index (χ2v) is 5.75. The van der Waals surface area contributed by atoms with Crippen LogP contribution in [0, 0.1) is 0 Å². The standard InChI is InChI=1S/C20H24N2O3/c1-4-20(19(24)25-3,17-11-6-5-7-12-17)22-14-15-9-8-10-16(13-15)18(23)21-2/h5-13,22H,4,14H2,1-3H3,(H,21,23)/t20-/m0/s1. The first-order valence-electron chi connectivity index (χ1n) is 8.27. The van der Waals surface area contributed by atoms with Crippen LogP contribution in [-0.4, -0.2) is 26.0 Å². The molecular weight excluding hydrogens is 316 g/mol. The summed E-state index contributed by atoms with van der Waals surface area (Å²) in [4.78, 5) is 24.4. The Bertz CT molecular complexity index is 731. The molecule has 0 radical (unpaired) electrons. The van der Waals surface area contributed by atoms with Crippen LogP contribution in [0.1, 0.15) is 34.8 Å². The lowest BCUT2D eigenvalue weighted by molar-refractivity contribution is -0.149. The zero-order valence-electron chi connectivity index (χ0n) is 14.8. The zero-order chi connectivity index (χ0) is 18.3. The molecule has 0 bridgehead atoms. The summed E-state index contributed by atoms with van der Waals surface area (Å²) < 4.78 is 5.06. The first-order valence-corrected chi connectivity index (χ1v) is 8.27. The van der Waals surface area contributed by atoms with Gasteiger partial charge in [-0.05, 0) is 29.7 Å². The number of amides is 1. The smallest absolute Gasteiger partial charge is 0.330 e. The Morgan fingerprint density at radius 1 is 1.08 bits per heavy atom. The van der Waals surface area contributed by atoms with Gasteiger partial charge in [-0.3, -0.25) is 10.1 Å². The van der Waals surface area contributed by atoms with Gasteiger partial charge in [-0.2, -0.15) is 0 Å². The van der Waals surface area contributed by atoms with Crippen molar-refractivity contribution in [1.82, 2.24) is 10.6 Å². The Labute approximate surface area is 148 Å². The van der Waals surface area contributed by atoms with Crippen molar-refractivity contribution in [3.05, 3.63) is 71.3 Å². The van der Waals surface area contributed by atoms with E-state index in [1.807, 2.05) is 55.5 Å². The van der Waals surface area contributed by atoms with Crippen molar-refractivity contribution < 1.29 is 14.3 Å². The van der Waals surface area contributed by atoms with Gasteiger partial charge in [0.1, 0.15) is 5.54 Å². The van der Waals surface area contributed by atoms with E-state index in [1.165, 1.54) is 7.11 Å². The van der Waals surface area contributed by atoms with E-state index < -0.39 is 5.54 Å². The second kappa shape index (κ2) is 8.44. The Morgan fingerprint density at radius 2 is 1.80 bits per heavy atom. The summed E-state index contributed by atoms with van der Waals surface area (Å²) in [6, 6.07) is 16.9. The van der Waals surface area contributed by atoms with Gasteiger partial charge in [-0.1, -0.05) is 49.4 Å². The van der Waals surface area contributed by atoms with Gasteiger partial charge in [0.15, 0.2) is 0 Å². The van der Waals surface area contributed by atoms with Crippen LogP contribution in [0.2, 0.25) is 0 Å². The van der Waals surface area contributed by atoms with Crippen molar-refractivity contribution >= 4 is 11.9 Å². The number of benzene rings is 2. The largest absolute Gasteiger partial charge is 0.467 e. The molecule has 2 rings (SSSR count). The molecule has 0 spiro atoms. The lowest BCUT2D eigenvalue weighted by Gasteiger charge is -2.31. The maximum Gasteiger partial charge on any atom is 0.330 e. The molecule has 5 heteroatoms. The maximum atomic E-state index is 12.6. The zero-order valence-corrected chi connectivity index (χ0v) is 14.8. The molecule has 2 aromatic carbocycles. The highest BCUT2D eigenvalue weighted by Crippen LogP contribution is 2.27. The van der Waals surface area contributed by atoms with Crippen LogP contribution < -0.4 is 10.6 Å².